The Balaban J connectivity index is 1.36. The molecule has 1 aliphatic carbocycles. The maximum absolute atomic E-state index is 13.3. The summed E-state index contributed by atoms with van der Waals surface area (Å²) >= 11 is 9.22. The molecule has 2 aromatic heterocycles. The number of alkyl halides is 1. The fourth-order valence-electron chi connectivity index (χ4n) is 3.55. The van der Waals surface area contributed by atoms with Gasteiger partial charge in [0.2, 0.25) is 0 Å². The van der Waals surface area contributed by atoms with Crippen LogP contribution in [0.2, 0.25) is 0 Å². The summed E-state index contributed by atoms with van der Waals surface area (Å²) < 4.78 is 16.1. The van der Waals surface area contributed by atoms with Crippen molar-refractivity contribution in [2.75, 3.05) is 6.54 Å². The summed E-state index contributed by atoms with van der Waals surface area (Å²) in [6.45, 7) is 0.436. The van der Waals surface area contributed by atoms with Gasteiger partial charge >= 0.3 is 0 Å². The number of rotatable bonds is 3. The van der Waals surface area contributed by atoms with Gasteiger partial charge in [-0.3, -0.25) is 0 Å². The van der Waals surface area contributed by atoms with Crippen LogP contribution in [-0.4, -0.2) is 29.8 Å². The summed E-state index contributed by atoms with van der Waals surface area (Å²) in [5.41, 5.74) is 0. The topological polar surface area (TPSA) is 24.1 Å². The summed E-state index contributed by atoms with van der Waals surface area (Å²) in [6, 6.07) is 5.05. The maximum atomic E-state index is 13.3. The van der Waals surface area contributed by atoms with Crippen molar-refractivity contribution in [2.24, 2.45) is 0 Å². The Labute approximate surface area is 143 Å². The van der Waals surface area contributed by atoms with Gasteiger partial charge in [-0.2, -0.15) is 0 Å². The lowest BCUT2D eigenvalue weighted by atomic mass is 10.1. The molecule has 118 valence electrons. The van der Waals surface area contributed by atoms with E-state index in [9.17, 15) is 4.39 Å². The Bertz CT molecular complexity index is 651. The molecule has 22 heavy (non-hydrogen) atoms. The quantitative estimate of drug-likeness (QED) is 0.807. The highest BCUT2D eigenvalue weighted by atomic mass is 32.1. The second-order valence-electron chi connectivity index (χ2n) is 6.31. The second-order valence-corrected chi connectivity index (χ2v) is 8.81. The summed E-state index contributed by atoms with van der Waals surface area (Å²) in [4.78, 5) is 2.32. The lowest BCUT2D eigenvalue weighted by molar-refractivity contribution is 0.359. The molecule has 2 N–H and O–H groups in total. The van der Waals surface area contributed by atoms with Crippen LogP contribution in [0.1, 0.15) is 36.5 Å². The molecule has 6 heteroatoms. The molecule has 1 saturated heterocycles. The van der Waals surface area contributed by atoms with Crippen LogP contribution in [0.15, 0.2) is 17.5 Å². The number of halogens is 1. The lowest BCUT2D eigenvalue weighted by Gasteiger charge is -2.19. The van der Waals surface area contributed by atoms with Crippen molar-refractivity contribution in [3.05, 3.63) is 22.4 Å². The smallest absolute Gasteiger partial charge is 0.114 e. The van der Waals surface area contributed by atoms with Crippen molar-refractivity contribution in [2.45, 2.75) is 49.9 Å². The van der Waals surface area contributed by atoms with Gasteiger partial charge in [0.1, 0.15) is 6.17 Å². The summed E-state index contributed by atoms with van der Waals surface area (Å²) in [5.74, 6) is 0.648. The Hall–Kier alpha value is -0.560. The highest BCUT2D eigenvalue weighted by Crippen LogP contribution is 2.41. The van der Waals surface area contributed by atoms with Crippen molar-refractivity contribution in [3.8, 4) is 0 Å². The first-order valence-electron chi connectivity index (χ1n) is 7.84. The molecule has 0 bridgehead atoms. The van der Waals surface area contributed by atoms with Gasteiger partial charge in [0, 0.05) is 33.3 Å². The van der Waals surface area contributed by atoms with Gasteiger partial charge in [0.15, 0.2) is 0 Å². The van der Waals surface area contributed by atoms with E-state index in [1.54, 1.807) is 0 Å². The van der Waals surface area contributed by atoms with Crippen molar-refractivity contribution >= 4 is 49.3 Å². The van der Waals surface area contributed by atoms with Crippen LogP contribution in [0.3, 0.4) is 0 Å². The molecular weight excluding hydrogens is 335 g/mol. The number of thiocarbonyl (C=S) groups is 1. The van der Waals surface area contributed by atoms with Gasteiger partial charge in [-0.25, -0.2) is 4.39 Å². The zero-order valence-electron chi connectivity index (χ0n) is 12.2. The predicted octanol–water partition coefficient (Wildman–Crippen LogP) is 4.22. The average Bonchev–Trinajstić information content (AvgIpc) is 3.19. The molecule has 2 fully saturated rings. The average molecular weight is 355 g/mol. The molecule has 0 radical (unpaired) electrons. The molecule has 0 amide bonds. The van der Waals surface area contributed by atoms with Crippen molar-refractivity contribution in [3.63, 3.8) is 0 Å². The van der Waals surface area contributed by atoms with E-state index < -0.39 is 6.17 Å². The molecular formula is C16H19FN2S3. The molecule has 2 nitrogen and oxygen atoms in total. The molecule has 0 spiro atoms. The summed E-state index contributed by atoms with van der Waals surface area (Å²) in [7, 11) is 0. The third-order valence-corrected chi connectivity index (χ3v) is 7.39. The first-order chi connectivity index (χ1) is 10.7. The number of hydrogen-bond acceptors (Lipinski definition) is 4. The van der Waals surface area contributed by atoms with E-state index in [0.29, 0.717) is 24.9 Å². The highest BCUT2D eigenvalue weighted by molar-refractivity contribution is 7.80. The van der Waals surface area contributed by atoms with Crippen LogP contribution >= 0.6 is 34.9 Å². The molecule has 2 unspecified atom stereocenters. The van der Waals surface area contributed by atoms with Crippen LogP contribution < -0.4 is 10.6 Å². The van der Waals surface area contributed by atoms with Crippen LogP contribution in [-0.2, 0) is 0 Å². The SMILES string of the molecule is F[C@H]1CN[C@H](C(=S)NC2CCC(c3cc4sccc4s3)C2)C1. The van der Waals surface area contributed by atoms with E-state index in [0.717, 1.165) is 17.8 Å². The minimum Gasteiger partial charge on any atom is -0.376 e. The number of fused-ring (bicyclic) bond motifs is 1. The Morgan fingerprint density at radius 3 is 3.00 bits per heavy atom. The van der Waals surface area contributed by atoms with E-state index in [4.69, 9.17) is 12.2 Å². The molecule has 3 heterocycles. The number of hydrogen-bond donors (Lipinski definition) is 2. The molecule has 0 aromatic carbocycles. The van der Waals surface area contributed by atoms with E-state index in [2.05, 4.69) is 28.1 Å². The van der Waals surface area contributed by atoms with Crippen LogP contribution in [0.25, 0.3) is 9.40 Å². The molecule has 1 aliphatic heterocycles. The van der Waals surface area contributed by atoms with Gasteiger partial charge in [0.25, 0.3) is 0 Å². The van der Waals surface area contributed by atoms with Crippen LogP contribution in [0.4, 0.5) is 4.39 Å². The zero-order valence-corrected chi connectivity index (χ0v) is 14.6. The van der Waals surface area contributed by atoms with Crippen LogP contribution in [0, 0.1) is 0 Å². The third-order valence-electron chi connectivity index (χ3n) is 4.73. The fourth-order valence-corrected chi connectivity index (χ4v) is 6.16. The van der Waals surface area contributed by atoms with E-state index in [-0.39, 0.29) is 6.04 Å². The minimum atomic E-state index is -0.750. The summed E-state index contributed by atoms with van der Waals surface area (Å²) in [6.07, 6.45) is 3.28. The zero-order chi connectivity index (χ0) is 15.1. The summed E-state index contributed by atoms with van der Waals surface area (Å²) in [5, 5.41) is 8.80. The lowest BCUT2D eigenvalue weighted by Crippen LogP contribution is -2.43. The van der Waals surface area contributed by atoms with Gasteiger partial charge in [-0.15, -0.1) is 22.7 Å². The molecule has 4 atom stereocenters. The second kappa shape index (κ2) is 6.15. The molecule has 4 rings (SSSR count). The van der Waals surface area contributed by atoms with Crippen LogP contribution in [0.5, 0.6) is 0 Å². The highest BCUT2D eigenvalue weighted by Gasteiger charge is 2.31. The van der Waals surface area contributed by atoms with Crippen molar-refractivity contribution in [1.29, 1.82) is 0 Å². The van der Waals surface area contributed by atoms with Gasteiger partial charge in [-0.1, -0.05) is 12.2 Å². The van der Waals surface area contributed by atoms with E-state index >= 15 is 0 Å². The van der Waals surface area contributed by atoms with Gasteiger partial charge in [-0.05, 0) is 42.7 Å². The first kappa shape index (κ1) is 15.0. The molecule has 1 saturated carbocycles. The molecule has 2 aromatic rings. The fraction of sp³-hybridized carbons (Fsp3) is 0.562. The van der Waals surface area contributed by atoms with E-state index in [1.165, 1.54) is 20.7 Å². The van der Waals surface area contributed by atoms with E-state index in [1.807, 2.05) is 22.7 Å². The van der Waals surface area contributed by atoms with Gasteiger partial charge in [0.05, 0.1) is 11.0 Å². The minimum absolute atomic E-state index is 0.0242. The third kappa shape index (κ3) is 2.94. The maximum Gasteiger partial charge on any atom is 0.114 e. The first-order valence-corrected chi connectivity index (χ1v) is 9.94. The number of nitrogens with one attached hydrogen (secondary N) is 2. The Morgan fingerprint density at radius 1 is 1.32 bits per heavy atom. The molecule has 2 aliphatic rings. The normalized spacial score (nSPS) is 31.9. The van der Waals surface area contributed by atoms with Crippen molar-refractivity contribution < 1.29 is 4.39 Å². The standard InChI is InChI=1S/C16H19FN2S3/c17-10-6-12(18-8-10)16(20)19-11-2-1-9(5-11)14-7-15-13(22-14)3-4-21-15/h3-4,7,9-12,18H,1-2,5-6,8H2,(H,19,20)/t9?,10-,11?,12+/m1/s1. The Kier molecular flexibility index (Phi) is 4.19. The van der Waals surface area contributed by atoms with Crippen molar-refractivity contribution in [1.82, 2.24) is 10.6 Å². The largest absolute Gasteiger partial charge is 0.376 e. The predicted molar refractivity (Wildman–Crippen MR) is 97.1 cm³/mol. The number of thiophene rings is 2. The monoisotopic (exact) mass is 354 g/mol. The van der Waals surface area contributed by atoms with Gasteiger partial charge < -0.3 is 10.6 Å². The Morgan fingerprint density at radius 2 is 2.23 bits per heavy atom.